The lowest BCUT2D eigenvalue weighted by Crippen LogP contribution is -2.37. The van der Waals surface area contributed by atoms with Crippen molar-refractivity contribution in [2.24, 2.45) is 11.1 Å². The molecule has 0 unspecified atom stereocenters. The summed E-state index contributed by atoms with van der Waals surface area (Å²) in [7, 11) is 0. The van der Waals surface area contributed by atoms with Crippen LogP contribution in [0.3, 0.4) is 0 Å². The predicted molar refractivity (Wildman–Crippen MR) is 66.5 cm³/mol. The summed E-state index contributed by atoms with van der Waals surface area (Å²) in [6, 6.07) is 3.66. The summed E-state index contributed by atoms with van der Waals surface area (Å²) in [6.07, 6.45) is 0. The fourth-order valence-electron chi connectivity index (χ4n) is 1.15. The molecule has 6 heteroatoms. The molecule has 18 heavy (non-hydrogen) atoms. The van der Waals surface area contributed by atoms with Gasteiger partial charge in [-0.1, -0.05) is 0 Å². The Morgan fingerprint density at radius 2 is 2.00 bits per heavy atom. The molecule has 0 bridgehead atoms. The van der Waals surface area contributed by atoms with Crippen LogP contribution in [0, 0.1) is 5.41 Å². The van der Waals surface area contributed by atoms with E-state index in [-0.39, 0.29) is 29.5 Å². The Hall–Kier alpha value is -2.08. The third kappa shape index (κ3) is 2.98. The van der Waals surface area contributed by atoms with E-state index < -0.39 is 11.4 Å². The summed E-state index contributed by atoms with van der Waals surface area (Å²) in [5.41, 5.74) is 4.70. The smallest absolute Gasteiger partial charge is 0.335 e. The van der Waals surface area contributed by atoms with E-state index in [0.29, 0.717) is 0 Å². The average molecular weight is 252 g/mol. The van der Waals surface area contributed by atoms with Crippen LogP contribution in [0.1, 0.15) is 24.2 Å². The minimum atomic E-state index is -1.14. The molecule has 0 aliphatic rings. The summed E-state index contributed by atoms with van der Waals surface area (Å²) in [5.74, 6) is -1.72. The van der Waals surface area contributed by atoms with Gasteiger partial charge in [0.15, 0.2) is 0 Å². The summed E-state index contributed by atoms with van der Waals surface area (Å²) in [5, 5.41) is 20.9. The van der Waals surface area contributed by atoms with Gasteiger partial charge < -0.3 is 21.3 Å². The molecule has 0 saturated heterocycles. The number of amides is 1. The van der Waals surface area contributed by atoms with E-state index >= 15 is 0 Å². The third-order valence-corrected chi connectivity index (χ3v) is 2.62. The van der Waals surface area contributed by atoms with Crippen LogP contribution in [0.4, 0.5) is 5.69 Å². The van der Waals surface area contributed by atoms with Crippen molar-refractivity contribution in [3.8, 4) is 5.75 Å². The van der Waals surface area contributed by atoms with Crippen LogP contribution in [-0.4, -0.2) is 28.6 Å². The standard InChI is InChI=1S/C12H16N2O4/c1-12(2,6-13)11(18)14-8-5-7(10(16)17)3-4-9(8)15/h3-5,15H,6,13H2,1-2H3,(H,14,18)(H,16,17). The van der Waals surface area contributed by atoms with Gasteiger partial charge in [-0.3, -0.25) is 4.79 Å². The minimum Gasteiger partial charge on any atom is -0.506 e. The number of aromatic carboxylic acids is 1. The van der Waals surface area contributed by atoms with E-state index in [0.717, 1.165) is 0 Å². The van der Waals surface area contributed by atoms with Crippen molar-refractivity contribution in [1.29, 1.82) is 0 Å². The molecule has 0 heterocycles. The number of carbonyl (C=O) groups excluding carboxylic acids is 1. The molecule has 0 fully saturated rings. The van der Waals surface area contributed by atoms with Crippen LogP contribution in [-0.2, 0) is 4.79 Å². The molecule has 1 amide bonds. The lowest BCUT2D eigenvalue weighted by molar-refractivity contribution is -0.123. The van der Waals surface area contributed by atoms with Crippen molar-refractivity contribution in [3.05, 3.63) is 23.8 Å². The topological polar surface area (TPSA) is 113 Å². The Morgan fingerprint density at radius 1 is 1.39 bits per heavy atom. The second-order valence-electron chi connectivity index (χ2n) is 4.58. The fraction of sp³-hybridized carbons (Fsp3) is 0.333. The molecule has 1 aromatic carbocycles. The molecular formula is C12H16N2O4. The van der Waals surface area contributed by atoms with Crippen molar-refractivity contribution in [1.82, 2.24) is 0 Å². The van der Waals surface area contributed by atoms with Gasteiger partial charge in [-0.05, 0) is 32.0 Å². The Labute approximate surface area is 104 Å². The summed E-state index contributed by atoms with van der Waals surface area (Å²) < 4.78 is 0. The number of nitrogens with two attached hydrogens (primary N) is 1. The SMILES string of the molecule is CC(C)(CN)C(=O)Nc1cc(C(=O)O)ccc1O. The number of carboxylic acid groups (broad SMARTS) is 1. The van der Waals surface area contributed by atoms with Crippen molar-refractivity contribution in [3.63, 3.8) is 0 Å². The molecule has 98 valence electrons. The maximum atomic E-state index is 11.8. The highest BCUT2D eigenvalue weighted by Crippen LogP contribution is 2.26. The number of hydrogen-bond donors (Lipinski definition) is 4. The molecule has 0 aliphatic carbocycles. The first-order chi connectivity index (χ1) is 8.27. The first kappa shape index (κ1) is 14.0. The van der Waals surface area contributed by atoms with Crippen molar-refractivity contribution < 1.29 is 19.8 Å². The van der Waals surface area contributed by atoms with Crippen molar-refractivity contribution in [2.75, 3.05) is 11.9 Å². The molecule has 0 atom stereocenters. The van der Waals surface area contributed by atoms with Gasteiger partial charge >= 0.3 is 5.97 Å². The first-order valence-corrected chi connectivity index (χ1v) is 5.36. The third-order valence-electron chi connectivity index (χ3n) is 2.62. The Bertz CT molecular complexity index is 483. The quantitative estimate of drug-likeness (QED) is 0.597. The largest absolute Gasteiger partial charge is 0.506 e. The van der Waals surface area contributed by atoms with Gasteiger partial charge in [-0.2, -0.15) is 0 Å². The number of benzene rings is 1. The van der Waals surface area contributed by atoms with Gasteiger partial charge in [0.05, 0.1) is 16.7 Å². The number of phenols is 1. The van der Waals surface area contributed by atoms with E-state index in [1.54, 1.807) is 13.8 Å². The highest BCUT2D eigenvalue weighted by atomic mass is 16.4. The monoisotopic (exact) mass is 252 g/mol. The minimum absolute atomic E-state index is 0.0198. The van der Waals surface area contributed by atoms with Gasteiger partial charge in [0.25, 0.3) is 0 Å². The van der Waals surface area contributed by atoms with Gasteiger partial charge in [-0.15, -0.1) is 0 Å². The second kappa shape index (κ2) is 5.05. The number of anilines is 1. The zero-order valence-electron chi connectivity index (χ0n) is 10.2. The molecular weight excluding hydrogens is 236 g/mol. The van der Waals surface area contributed by atoms with Crippen LogP contribution in [0.2, 0.25) is 0 Å². The molecule has 0 spiro atoms. The highest BCUT2D eigenvalue weighted by Gasteiger charge is 2.26. The van der Waals surface area contributed by atoms with E-state index in [4.69, 9.17) is 10.8 Å². The van der Waals surface area contributed by atoms with Crippen LogP contribution < -0.4 is 11.1 Å². The number of nitrogens with one attached hydrogen (secondary N) is 1. The number of aromatic hydroxyl groups is 1. The molecule has 1 rings (SSSR count). The molecule has 0 aromatic heterocycles. The van der Waals surface area contributed by atoms with Crippen LogP contribution in [0.25, 0.3) is 0 Å². The van der Waals surface area contributed by atoms with Crippen LogP contribution >= 0.6 is 0 Å². The average Bonchev–Trinajstić information content (AvgIpc) is 2.31. The van der Waals surface area contributed by atoms with Crippen molar-refractivity contribution >= 4 is 17.6 Å². The molecule has 6 nitrogen and oxygen atoms in total. The Morgan fingerprint density at radius 3 is 2.50 bits per heavy atom. The van der Waals surface area contributed by atoms with Gasteiger partial charge in [0.2, 0.25) is 5.91 Å². The molecule has 5 N–H and O–H groups in total. The maximum Gasteiger partial charge on any atom is 0.335 e. The predicted octanol–water partition coefficient (Wildman–Crippen LogP) is 1.01. The zero-order valence-corrected chi connectivity index (χ0v) is 10.2. The van der Waals surface area contributed by atoms with Crippen LogP contribution in [0.5, 0.6) is 5.75 Å². The highest BCUT2D eigenvalue weighted by molar-refractivity contribution is 5.98. The van der Waals surface area contributed by atoms with Crippen LogP contribution in [0.15, 0.2) is 18.2 Å². The van der Waals surface area contributed by atoms with E-state index in [2.05, 4.69) is 5.32 Å². The van der Waals surface area contributed by atoms with E-state index in [9.17, 15) is 14.7 Å². The fourth-order valence-corrected chi connectivity index (χ4v) is 1.15. The number of rotatable bonds is 4. The lowest BCUT2D eigenvalue weighted by atomic mass is 9.92. The van der Waals surface area contributed by atoms with E-state index in [1.807, 2.05) is 0 Å². The number of carboxylic acids is 1. The van der Waals surface area contributed by atoms with E-state index in [1.165, 1.54) is 18.2 Å². The second-order valence-corrected chi connectivity index (χ2v) is 4.58. The van der Waals surface area contributed by atoms with Gasteiger partial charge in [0.1, 0.15) is 5.75 Å². The molecule has 0 aliphatic heterocycles. The summed E-state index contributed by atoms with van der Waals surface area (Å²) >= 11 is 0. The van der Waals surface area contributed by atoms with Crippen molar-refractivity contribution in [2.45, 2.75) is 13.8 Å². The molecule has 0 saturated carbocycles. The molecule has 0 radical (unpaired) electrons. The number of carbonyl (C=O) groups is 2. The maximum absolute atomic E-state index is 11.8. The Kier molecular flexibility index (Phi) is 3.93. The lowest BCUT2D eigenvalue weighted by Gasteiger charge is -2.21. The molecule has 1 aromatic rings. The first-order valence-electron chi connectivity index (χ1n) is 5.36. The summed E-state index contributed by atoms with van der Waals surface area (Å²) in [4.78, 5) is 22.6. The normalized spacial score (nSPS) is 11.1. The van der Waals surface area contributed by atoms with Gasteiger partial charge in [-0.25, -0.2) is 4.79 Å². The Balaban J connectivity index is 3.01. The zero-order chi connectivity index (χ0) is 13.9. The van der Waals surface area contributed by atoms with Gasteiger partial charge in [0, 0.05) is 6.54 Å². The number of hydrogen-bond acceptors (Lipinski definition) is 4. The summed E-state index contributed by atoms with van der Waals surface area (Å²) in [6.45, 7) is 3.44. The number of phenolic OH excluding ortho intramolecular Hbond substituents is 1.